The van der Waals surface area contributed by atoms with Crippen LogP contribution < -0.4 is 5.32 Å². The van der Waals surface area contributed by atoms with E-state index in [1.165, 1.54) is 58.0 Å². The summed E-state index contributed by atoms with van der Waals surface area (Å²) >= 11 is 0. The minimum Gasteiger partial charge on any atom is -0.311 e. The van der Waals surface area contributed by atoms with Crippen molar-refractivity contribution < 1.29 is 0 Å². The van der Waals surface area contributed by atoms with Crippen LogP contribution in [-0.4, -0.2) is 36.1 Å². The van der Waals surface area contributed by atoms with Crippen LogP contribution in [0.25, 0.3) is 0 Å². The first-order chi connectivity index (χ1) is 9.02. The summed E-state index contributed by atoms with van der Waals surface area (Å²) in [7, 11) is 0. The molecule has 4 atom stereocenters. The summed E-state index contributed by atoms with van der Waals surface area (Å²) in [6.07, 6.45) is 9.85. The number of nitrogens with zero attached hydrogens (tertiary/aromatic N) is 1. The second-order valence-electron chi connectivity index (χ2n) is 8.33. The smallest absolute Gasteiger partial charge is 0.0111 e. The lowest BCUT2D eigenvalue weighted by Gasteiger charge is -2.43. The van der Waals surface area contributed by atoms with E-state index >= 15 is 0 Å². The van der Waals surface area contributed by atoms with Crippen LogP contribution in [0.3, 0.4) is 0 Å². The van der Waals surface area contributed by atoms with Gasteiger partial charge in [0.15, 0.2) is 0 Å². The topological polar surface area (TPSA) is 15.3 Å². The molecule has 3 fully saturated rings. The Kier molecular flexibility index (Phi) is 3.92. The fraction of sp³-hybridized carbons (Fsp3) is 1.00. The Balaban J connectivity index is 1.53. The minimum atomic E-state index is 0.545. The van der Waals surface area contributed by atoms with Gasteiger partial charge >= 0.3 is 0 Å². The molecule has 2 saturated heterocycles. The molecule has 0 aromatic carbocycles. The molecule has 1 saturated carbocycles. The molecule has 3 aliphatic rings. The molecule has 0 aromatic heterocycles. The van der Waals surface area contributed by atoms with Gasteiger partial charge in [0, 0.05) is 18.1 Å². The van der Waals surface area contributed by atoms with Crippen molar-refractivity contribution in [1.29, 1.82) is 0 Å². The van der Waals surface area contributed by atoms with Crippen LogP contribution >= 0.6 is 0 Å². The van der Waals surface area contributed by atoms with Crippen LogP contribution in [0, 0.1) is 11.3 Å². The zero-order chi connectivity index (χ0) is 13.5. The van der Waals surface area contributed by atoms with Gasteiger partial charge in [0.05, 0.1) is 0 Å². The number of piperidine rings is 1. The molecule has 0 aromatic rings. The quantitative estimate of drug-likeness (QED) is 0.822. The lowest BCUT2D eigenvalue weighted by molar-refractivity contribution is 0.116. The second kappa shape index (κ2) is 5.37. The van der Waals surface area contributed by atoms with Gasteiger partial charge in [0.25, 0.3) is 0 Å². The van der Waals surface area contributed by atoms with E-state index in [9.17, 15) is 0 Å². The highest BCUT2D eigenvalue weighted by atomic mass is 15.2. The van der Waals surface area contributed by atoms with Gasteiger partial charge < -0.3 is 10.2 Å². The Hall–Kier alpha value is -0.0800. The lowest BCUT2D eigenvalue weighted by atomic mass is 9.70. The maximum absolute atomic E-state index is 4.03. The molecule has 110 valence electrons. The van der Waals surface area contributed by atoms with Gasteiger partial charge in [-0.3, -0.25) is 0 Å². The first-order valence-corrected chi connectivity index (χ1v) is 8.52. The molecule has 0 amide bonds. The van der Waals surface area contributed by atoms with E-state index in [2.05, 4.69) is 31.0 Å². The highest BCUT2D eigenvalue weighted by molar-refractivity contribution is 4.93. The fourth-order valence-electron chi connectivity index (χ4n) is 5.18. The first kappa shape index (κ1) is 13.9. The van der Waals surface area contributed by atoms with E-state index in [0.29, 0.717) is 5.41 Å². The van der Waals surface area contributed by atoms with Gasteiger partial charge in [-0.05, 0) is 69.4 Å². The molecule has 2 heteroatoms. The first-order valence-electron chi connectivity index (χ1n) is 8.52. The molecule has 2 nitrogen and oxygen atoms in total. The molecule has 0 spiro atoms. The zero-order valence-electron chi connectivity index (χ0n) is 13.1. The van der Waals surface area contributed by atoms with Crippen LogP contribution in [0.5, 0.6) is 0 Å². The summed E-state index contributed by atoms with van der Waals surface area (Å²) in [4.78, 5) is 2.73. The molecule has 4 unspecified atom stereocenters. The van der Waals surface area contributed by atoms with E-state index < -0.39 is 0 Å². The van der Waals surface area contributed by atoms with Gasteiger partial charge in [0.2, 0.25) is 0 Å². The van der Waals surface area contributed by atoms with Gasteiger partial charge in [-0.1, -0.05) is 20.8 Å². The lowest BCUT2D eigenvalue weighted by Crippen LogP contribution is -2.50. The van der Waals surface area contributed by atoms with Crippen LogP contribution in [-0.2, 0) is 0 Å². The summed E-state index contributed by atoms with van der Waals surface area (Å²) < 4.78 is 0. The predicted octanol–water partition coefficient (Wildman–Crippen LogP) is 3.42. The normalized spacial score (nSPS) is 43.1. The molecule has 0 bridgehead atoms. The van der Waals surface area contributed by atoms with Crippen molar-refractivity contribution in [3.63, 3.8) is 0 Å². The molecule has 1 aliphatic carbocycles. The third-order valence-electron chi connectivity index (χ3n) is 5.68. The standard InChI is InChI=1S/C17H32N2/c1-13-9-15(12-17(2,3)11-13)18-14-6-8-19-7-4-5-16(19)10-14/h13-16,18H,4-12H2,1-3H3. The van der Waals surface area contributed by atoms with E-state index in [1.54, 1.807) is 0 Å². The fourth-order valence-corrected chi connectivity index (χ4v) is 5.18. The van der Waals surface area contributed by atoms with Crippen LogP contribution in [0.1, 0.15) is 65.7 Å². The number of nitrogens with one attached hydrogen (secondary N) is 1. The maximum atomic E-state index is 4.03. The van der Waals surface area contributed by atoms with Gasteiger partial charge in [-0.2, -0.15) is 0 Å². The van der Waals surface area contributed by atoms with Crippen molar-refractivity contribution in [2.24, 2.45) is 11.3 Å². The van der Waals surface area contributed by atoms with E-state index in [1.807, 2.05) is 0 Å². The van der Waals surface area contributed by atoms with Crippen molar-refractivity contribution in [2.45, 2.75) is 83.8 Å². The SMILES string of the molecule is CC1CC(NC2CCN3CCCC3C2)CC(C)(C)C1. The van der Waals surface area contributed by atoms with Crippen LogP contribution in [0.4, 0.5) is 0 Å². The van der Waals surface area contributed by atoms with E-state index in [4.69, 9.17) is 0 Å². The summed E-state index contributed by atoms with van der Waals surface area (Å²) in [5.74, 6) is 0.896. The van der Waals surface area contributed by atoms with Gasteiger partial charge in [0.1, 0.15) is 0 Å². The van der Waals surface area contributed by atoms with Crippen molar-refractivity contribution >= 4 is 0 Å². The number of hydrogen-bond donors (Lipinski definition) is 1. The summed E-state index contributed by atoms with van der Waals surface area (Å²) in [6, 6.07) is 2.47. The third-order valence-corrected chi connectivity index (χ3v) is 5.68. The molecule has 1 N–H and O–H groups in total. The molecule has 2 heterocycles. The molecule has 3 rings (SSSR count). The van der Waals surface area contributed by atoms with Crippen LogP contribution in [0.2, 0.25) is 0 Å². The summed E-state index contributed by atoms with van der Waals surface area (Å²) in [5.41, 5.74) is 0.545. The molecule has 19 heavy (non-hydrogen) atoms. The molecule has 2 aliphatic heterocycles. The second-order valence-corrected chi connectivity index (χ2v) is 8.33. The highest BCUT2D eigenvalue weighted by Crippen LogP contribution is 2.39. The Bertz CT molecular complexity index is 312. The van der Waals surface area contributed by atoms with Gasteiger partial charge in [-0.15, -0.1) is 0 Å². The largest absolute Gasteiger partial charge is 0.311 e. The van der Waals surface area contributed by atoms with Gasteiger partial charge in [-0.25, -0.2) is 0 Å². The number of hydrogen-bond acceptors (Lipinski definition) is 2. The summed E-state index contributed by atoms with van der Waals surface area (Å²) in [6.45, 7) is 10.1. The van der Waals surface area contributed by atoms with E-state index in [0.717, 1.165) is 24.0 Å². The average molecular weight is 264 g/mol. The van der Waals surface area contributed by atoms with Crippen LogP contribution in [0.15, 0.2) is 0 Å². The van der Waals surface area contributed by atoms with Crippen molar-refractivity contribution in [3.05, 3.63) is 0 Å². The molecular weight excluding hydrogens is 232 g/mol. The molecular formula is C17H32N2. The maximum Gasteiger partial charge on any atom is 0.0111 e. The number of fused-ring (bicyclic) bond motifs is 1. The monoisotopic (exact) mass is 264 g/mol. The summed E-state index contributed by atoms with van der Waals surface area (Å²) in [5, 5.41) is 4.03. The predicted molar refractivity (Wildman–Crippen MR) is 81.3 cm³/mol. The Morgan fingerprint density at radius 1 is 1.00 bits per heavy atom. The Morgan fingerprint density at radius 3 is 2.63 bits per heavy atom. The Morgan fingerprint density at radius 2 is 1.84 bits per heavy atom. The minimum absolute atomic E-state index is 0.545. The number of rotatable bonds is 2. The Labute approximate surface area is 119 Å². The molecule has 0 radical (unpaired) electrons. The van der Waals surface area contributed by atoms with E-state index in [-0.39, 0.29) is 0 Å². The van der Waals surface area contributed by atoms with Crippen molar-refractivity contribution in [2.75, 3.05) is 13.1 Å². The zero-order valence-corrected chi connectivity index (χ0v) is 13.1. The highest BCUT2D eigenvalue weighted by Gasteiger charge is 2.36. The van der Waals surface area contributed by atoms with Crippen molar-refractivity contribution in [1.82, 2.24) is 10.2 Å². The van der Waals surface area contributed by atoms with Crippen molar-refractivity contribution in [3.8, 4) is 0 Å². The third kappa shape index (κ3) is 3.33. The average Bonchev–Trinajstić information content (AvgIpc) is 2.73.